The van der Waals surface area contributed by atoms with Crippen molar-refractivity contribution in [2.75, 3.05) is 13.2 Å². The lowest BCUT2D eigenvalue weighted by Crippen LogP contribution is -2.30. The summed E-state index contributed by atoms with van der Waals surface area (Å²) < 4.78 is 16.9. The van der Waals surface area contributed by atoms with Gasteiger partial charge in [0.15, 0.2) is 6.10 Å². The summed E-state index contributed by atoms with van der Waals surface area (Å²) in [6, 6.07) is 0. The van der Waals surface area contributed by atoms with E-state index in [-0.39, 0.29) is 31.1 Å². The normalized spacial score (nSPS) is 12.5. The van der Waals surface area contributed by atoms with Gasteiger partial charge < -0.3 is 14.2 Å². The van der Waals surface area contributed by atoms with Gasteiger partial charge in [-0.1, -0.05) is 285 Å². The largest absolute Gasteiger partial charge is 0.462 e. The molecule has 0 heterocycles. The molecule has 0 aromatic carbocycles. The smallest absolute Gasteiger partial charge is 0.306 e. The van der Waals surface area contributed by atoms with E-state index in [0.717, 1.165) is 69.6 Å². The van der Waals surface area contributed by atoms with Crippen LogP contribution in [0.1, 0.15) is 324 Å². The van der Waals surface area contributed by atoms with Crippen LogP contribution in [-0.2, 0) is 28.6 Å². The summed E-state index contributed by atoms with van der Waals surface area (Å²) in [6.45, 7) is 11.4. The number of rotatable bonds is 52. The van der Waals surface area contributed by atoms with E-state index in [1.807, 2.05) is 0 Å². The molecular formula is C58H112O6. The maximum atomic E-state index is 12.8. The van der Waals surface area contributed by atoms with E-state index in [1.54, 1.807) is 0 Å². The molecule has 0 saturated carbocycles. The fourth-order valence-corrected chi connectivity index (χ4v) is 8.84. The summed E-state index contributed by atoms with van der Waals surface area (Å²) in [5.41, 5.74) is 0. The lowest BCUT2D eigenvalue weighted by molar-refractivity contribution is -0.167. The maximum Gasteiger partial charge on any atom is 0.306 e. The summed E-state index contributed by atoms with van der Waals surface area (Å²) in [5, 5.41) is 0. The first kappa shape index (κ1) is 62.4. The van der Waals surface area contributed by atoms with Gasteiger partial charge in [-0.05, 0) is 31.1 Å². The Labute approximate surface area is 399 Å². The van der Waals surface area contributed by atoms with Gasteiger partial charge in [0, 0.05) is 19.3 Å². The van der Waals surface area contributed by atoms with Gasteiger partial charge in [0.2, 0.25) is 0 Å². The van der Waals surface area contributed by atoms with Crippen LogP contribution in [0.2, 0.25) is 0 Å². The van der Waals surface area contributed by atoms with Gasteiger partial charge in [-0.15, -0.1) is 0 Å². The van der Waals surface area contributed by atoms with Gasteiger partial charge in [-0.2, -0.15) is 0 Å². The van der Waals surface area contributed by atoms with Gasteiger partial charge in [-0.25, -0.2) is 0 Å². The number of carbonyl (C=O) groups is 3. The summed E-state index contributed by atoms with van der Waals surface area (Å²) >= 11 is 0. The van der Waals surface area contributed by atoms with E-state index in [2.05, 4.69) is 34.6 Å². The first-order valence-corrected chi connectivity index (χ1v) is 28.8. The molecule has 1 unspecified atom stereocenters. The minimum absolute atomic E-state index is 0.0635. The Morgan fingerprint density at radius 3 is 0.891 bits per heavy atom. The topological polar surface area (TPSA) is 78.9 Å². The average Bonchev–Trinajstić information content (AvgIpc) is 3.28. The highest BCUT2D eigenvalue weighted by Gasteiger charge is 2.19. The SMILES string of the molecule is CCCCCCCCCCCCCCCCCCCC(=O)OC[C@H](COC(=O)CCCCCCCCC(C)CC)OC(=O)CCCCCCCCCCCCCCCCCCC(C)C. The summed E-state index contributed by atoms with van der Waals surface area (Å²) in [5.74, 6) is 0.822. The minimum Gasteiger partial charge on any atom is -0.462 e. The van der Waals surface area contributed by atoms with Crippen molar-refractivity contribution in [3.05, 3.63) is 0 Å². The van der Waals surface area contributed by atoms with E-state index >= 15 is 0 Å². The second-order valence-corrected chi connectivity index (χ2v) is 20.6. The highest BCUT2D eigenvalue weighted by molar-refractivity contribution is 5.71. The highest BCUT2D eigenvalue weighted by Crippen LogP contribution is 2.18. The third kappa shape index (κ3) is 49.8. The third-order valence-electron chi connectivity index (χ3n) is 13.6. The van der Waals surface area contributed by atoms with E-state index in [9.17, 15) is 14.4 Å². The van der Waals surface area contributed by atoms with Crippen LogP contribution in [-0.4, -0.2) is 37.2 Å². The molecule has 0 fully saturated rings. The van der Waals surface area contributed by atoms with E-state index in [0.29, 0.717) is 19.3 Å². The van der Waals surface area contributed by atoms with Crippen molar-refractivity contribution in [3.63, 3.8) is 0 Å². The number of unbranched alkanes of at least 4 members (excludes halogenated alkanes) is 36. The first-order valence-electron chi connectivity index (χ1n) is 28.8. The van der Waals surface area contributed by atoms with Crippen LogP contribution in [0.4, 0.5) is 0 Å². The fraction of sp³-hybridized carbons (Fsp3) is 0.948. The van der Waals surface area contributed by atoms with Crippen molar-refractivity contribution in [2.24, 2.45) is 11.8 Å². The van der Waals surface area contributed by atoms with Gasteiger partial charge in [0.25, 0.3) is 0 Å². The molecule has 6 heteroatoms. The van der Waals surface area contributed by atoms with Crippen LogP contribution in [0, 0.1) is 11.8 Å². The third-order valence-corrected chi connectivity index (χ3v) is 13.6. The Kier molecular flexibility index (Phi) is 49.6. The molecule has 380 valence electrons. The zero-order chi connectivity index (χ0) is 46.8. The average molecular weight is 906 g/mol. The van der Waals surface area contributed by atoms with Crippen LogP contribution in [0.3, 0.4) is 0 Å². The second-order valence-electron chi connectivity index (χ2n) is 20.6. The molecule has 0 radical (unpaired) electrons. The minimum atomic E-state index is -0.763. The molecule has 0 amide bonds. The summed E-state index contributed by atoms with van der Waals surface area (Å²) in [7, 11) is 0. The fourth-order valence-electron chi connectivity index (χ4n) is 8.84. The molecule has 0 aliphatic rings. The molecule has 0 aromatic heterocycles. The van der Waals surface area contributed by atoms with E-state index < -0.39 is 6.10 Å². The standard InChI is InChI=1S/C58H112O6/c1-6-8-9-10-11-12-13-14-15-16-20-23-26-29-32-38-43-48-56(59)62-51-55(52-63-57(60)49-44-39-35-34-37-42-47-54(5)7-2)64-58(61)50-45-40-33-30-27-24-21-18-17-19-22-25-28-31-36-41-46-53(3)4/h53-55H,6-52H2,1-5H3/t54?,55-/m1/s1. The molecule has 0 aliphatic carbocycles. The molecule has 0 aliphatic heterocycles. The van der Waals surface area contributed by atoms with Crippen LogP contribution >= 0.6 is 0 Å². The predicted octanol–water partition coefficient (Wildman–Crippen LogP) is 18.9. The number of hydrogen-bond acceptors (Lipinski definition) is 6. The zero-order valence-electron chi connectivity index (χ0n) is 43.9. The van der Waals surface area contributed by atoms with Gasteiger partial charge in [-0.3, -0.25) is 14.4 Å². The Hall–Kier alpha value is -1.59. The summed E-state index contributed by atoms with van der Waals surface area (Å²) in [4.78, 5) is 38.1. The van der Waals surface area contributed by atoms with Crippen LogP contribution in [0.15, 0.2) is 0 Å². The summed E-state index contributed by atoms with van der Waals surface area (Å²) in [6.07, 6.45) is 53.9. The molecule has 6 nitrogen and oxygen atoms in total. The predicted molar refractivity (Wildman–Crippen MR) is 275 cm³/mol. The molecule has 64 heavy (non-hydrogen) atoms. The van der Waals surface area contributed by atoms with Gasteiger partial charge in [0.1, 0.15) is 13.2 Å². The molecule has 0 aromatic rings. The van der Waals surface area contributed by atoms with Crippen molar-refractivity contribution in [2.45, 2.75) is 330 Å². The molecule has 0 N–H and O–H groups in total. The number of carbonyl (C=O) groups excluding carboxylic acids is 3. The molecular weight excluding hydrogens is 793 g/mol. The highest BCUT2D eigenvalue weighted by atomic mass is 16.6. The van der Waals surface area contributed by atoms with E-state index in [1.165, 1.54) is 212 Å². The van der Waals surface area contributed by atoms with Crippen molar-refractivity contribution in [1.82, 2.24) is 0 Å². The van der Waals surface area contributed by atoms with Crippen LogP contribution in [0.25, 0.3) is 0 Å². The monoisotopic (exact) mass is 905 g/mol. The zero-order valence-corrected chi connectivity index (χ0v) is 43.9. The van der Waals surface area contributed by atoms with Gasteiger partial charge >= 0.3 is 17.9 Å². The quantitative estimate of drug-likeness (QED) is 0.0344. The van der Waals surface area contributed by atoms with Crippen molar-refractivity contribution in [3.8, 4) is 0 Å². The molecule has 0 spiro atoms. The van der Waals surface area contributed by atoms with Crippen molar-refractivity contribution < 1.29 is 28.6 Å². The lowest BCUT2D eigenvalue weighted by atomic mass is 10.00. The maximum absolute atomic E-state index is 12.8. The number of esters is 3. The molecule has 0 bridgehead atoms. The Bertz CT molecular complexity index is 980. The van der Waals surface area contributed by atoms with E-state index in [4.69, 9.17) is 14.2 Å². The molecule has 2 atom stereocenters. The lowest BCUT2D eigenvalue weighted by Gasteiger charge is -2.18. The Morgan fingerprint density at radius 1 is 0.328 bits per heavy atom. The van der Waals surface area contributed by atoms with Crippen LogP contribution in [0.5, 0.6) is 0 Å². The number of hydrogen-bond donors (Lipinski definition) is 0. The molecule has 0 rings (SSSR count). The Morgan fingerprint density at radius 2 is 0.594 bits per heavy atom. The van der Waals surface area contributed by atoms with Crippen LogP contribution < -0.4 is 0 Å². The van der Waals surface area contributed by atoms with Crippen molar-refractivity contribution in [1.29, 1.82) is 0 Å². The second kappa shape index (κ2) is 50.8. The van der Waals surface area contributed by atoms with Gasteiger partial charge in [0.05, 0.1) is 0 Å². The molecule has 0 saturated heterocycles. The number of ether oxygens (including phenoxy) is 3. The first-order chi connectivity index (χ1) is 31.3. The Balaban J connectivity index is 4.24. The van der Waals surface area contributed by atoms with Crippen molar-refractivity contribution >= 4 is 17.9 Å².